The summed E-state index contributed by atoms with van der Waals surface area (Å²) >= 11 is 5.20. The number of hydrazine groups is 1. The lowest BCUT2D eigenvalue weighted by Gasteiger charge is -2.20. The van der Waals surface area contributed by atoms with Crippen molar-refractivity contribution < 1.29 is 13.9 Å². The molecule has 164 valence electrons. The molecule has 0 saturated heterocycles. The average molecular weight is 433 g/mol. The van der Waals surface area contributed by atoms with Gasteiger partial charge in [-0.25, -0.2) is 0 Å². The highest BCUT2D eigenvalue weighted by molar-refractivity contribution is 7.80. The quantitative estimate of drug-likeness (QED) is 0.360. The smallest absolute Gasteiger partial charge is 0.305 e. The van der Waals surface area contributed by atoms with E-state index < -0.39 is 0 Å². The number of unbranched alkanes of at least 4 members (excludes halogenated alkanes) is 2. The Labute approximate surface area is 184 Å². The highest BCUT2D eigenvalue weighted by atomic mass is 32.1. The summed E-state index contributed by atoms with van der Waals surface area (Å²) in [5.41, 5.74) is 6.01. The zero-order valence-electron chi connectivity index (χ0n) is 18.0. The van der Waals surface area contributed by atoms with Crippen LogP contribution in [0.15, 0.2) is 40.8 Å². The molecule has 0 radical (unpaired) electrons. The molecule has 0 atom stereocenters. The Morgan fingerprint density at radius 1 is 1.03 bits per heavy atom. The van der Waals surface area contributed by atoms with Crippen molar-refractivity contribution in [3.05, 3.63) is 47.9 Å². The summed E-state index contributed by atoms with van der Waals surface area (Å²) < 4.78 is 10.9. The van der Waals surface area contributed by atoms with Gasteiger partial charge in [0.15, 0.2) is 10.9 Å². The molecule has 8 heteroatoms. The topological polar surface area (TPSA) is 78.8 Å². The van der Waals surface area contributed by atoms with Gasteiger partial charge in [-0.05, 0) is 74.5 Å². The Balaban J connectivity index is 1.82. The van der Waals surface area contributed by atoms with Crippen LogP contribution >= 0.6 is 12.2 Å². The van der Waals surface area contributed by atoms with E-state index in [0.29, 0.717) is 6.54 Å². The Bertz CT molecular complexity index is 784. The molecule has 0 aliphatic rings. The molecule has 0 spiro atoms. The minimum atomic E-state index is -0.381. The van der Waals surface area contributed by atoms with Crippen molar-refractivity contribution >= 4 is 28.9 Å². The summed E-state index contributed by atoms with van der Waals surface area (Å²) in [7, 11) is 1.61. The summed E-state index contributed by atoms with van der Waals surface area (Å²) in [6.45, 7) is 7.15. The summed E-state index contributed by atoms with van der Waals surface area (Å²) in [5, 5.41) is 3.25. The van der Waals surface area contributed by atoms with E-state index in [1.165, 1.54) is 0 Å². The molecular weight excluding hydrogens is 400 g/mol. The van der Waals surface area contributed by atoms with Crippen LogP contribution in [-0.2, 0) is 6.54 Å². The largest absolute Gasteiger partial charge is 0.497 e. The van der Waals surface area contributed by atoms with Gasteiger partial charge < -0.3 is 14.5 Å². The number of carbonyl (C=O) groups excluding carboxylic acids is 1. The molecule has 0 fully saturated rings. The van der Waals surface area contributed by atoms with E-state index in [1.807, 2.05) is 30.3 Å². The number of methoxy groups -OCH3 is 1. The Morgan fingerprint density at radius 3 is 2.30 bits per heavy atom. The summed E-state index contributed by atoms with van der Waals surface area (Å²) in [6.07, 6.45) is 4.62. The van der Waals surface area contributed by atoms with Gasteiger partial charge in [-0.3, -0.25) is 20.5 Å². The third kappa shape index (κ3) is 8.04. The molecule has 30 heavy (non-hydrogen) atoms. The summed E-state index contributed by atoms with van der Waals surface area (Å²) in [4.78, 5) is 14.7. The Kier molecular flexibility index (Phi) is 10.2. The zero-order valence-corrected chi connectivity index (χ0v) is 18.8. The van der Waals surface area contributed by atoms with E-state index in [0.717, 1.165) is 56.0 Å². The third-order valence-electron chi connectivity index (χ3n) is 4.56. The predicted molar refractivity (Wildman–Crippen MR) is 124 cm³/mol. The van der Waals surface area contributed by atoms with E-state index in [9.17, 15) is 4.79 Å². The summed E-state index contributed by atoms with van der Waals surface area (Å²) in [6, 6.07) is 10.8. The lowest BCUT2D eigenvalue weighted by atomic mass is 10.2. The van der Waals surface area contributed by atoms with Crippen LogP contribution in [0.1, 0.15) is 55.8 Å². The lowest BCUT2D eigenvalue weighted by molar-refractivity contribution is 0.0912. The molecule has 0 aliphatic heterocycles. The van der Waals surface area contributed by atoms with Gasteiger partial charge in [0.05, 0.1) is 13.7 Å². The molecule has 2 aromatic rings. The number of thiocarbonyl (C=S) groups is 1. The number of hydrogen-bond donors (Lipinski definition) is 3. The van der Waals surface area contributed by atoms with Crippen molar-refractivity contribution in [3.63, 3.8) is 0 Å². The first-order valence-corrected chi connectivity index (χ1v) is 10.8. The molecule has 1 heterocycles. The molecule has 0 bridgehead atoms. The molecule has 1 aromatic heterocycles. The van der Waals surface area contributed by atoms with E-state index in [-0.39, 0.29) is 16.8 Å². The normalized spacial score (nSPS) is 10.7. The number of benzene rings is 1. The van der Waals surface area contributed by atoms with Gasteiger partial charge >= 0.3 is 5.91 Å². The van der Waals surface area contributed by atoms with E-state index in [4.69, 9.17) is 21.4 Å². The fraction of sp³-hybridized carbons (Fsp3) is 0.455. The maximum atomic E-state index is 12.3. The van der Waals surface area contributed by atoms with Crippen molar-refractivity contribution in [2.45, 2.75) is 46.1 Å². The van der Waals surface area contributed by atoms with Crippen molar-refractivity contribution in [1.82, 2.24) is 15.8 Å². The number of nitrogens with one attached hydrogen (secondary N) is 3. The minimum Gasteiger partial charge on any atom is -0.497 e. The first kappa shape index (κ1) is 23.7. The van der Waals surface area contributed by atoms with E-state index in [1.54, 1.807) is 13.2 Å². The molecule has 3 N–H and O–H groups in total. The second-order valence-electron chi connectivity index (χ2n) is 7.01. The zero-order chi connectivity index (χ0) is 21.8. The molecule has 1 amide bonds. The van der Waals surface area contributed by atoms with Crippen molar-refractivity contribution in [2.24, 2.45) is 0 Å². The maximum absolute atomic E-state index is 12.3. The van der Waals surface area contributed by atoms with Gasteiger partial charge in [-0.15, -0.1) is 0 Å². The summed E-state index contributed by atoms with van der Waals surface area (Å²) in [5.74, 6) is 1.40. The van der Waals surface area contributed by atoms with Gasteiger partial charge in [-0.2, -0.15) is 0 Å². The first-order valence-electron chi connectivity index (χ1n) is 10.4. The molecule has 0 saturated carbocycles. The van der Waals surface area contributed by atoms with Gasteiger partial charge in [0, 0.05) is 5.69 Å². The van der Waals surface area contributed by atoms with Crippen LogP contribution in [0.25, 0.3) is 0 Å². The monoisotopic (exact) mass is 432 g/mol. The van der Waals surface area contributed by atoms with Gasteiger partial charge in [0.25, 0.3) is 0 Å². The van der Waals surface area contributed by atoms with Crippen LogP contribution in [0, 0.1) is 0 Å². The number of ether oxygens (including phenoxy) is 1. The molecule has 1 aromatic carbocycles. The Hall–Kier alpha value is -2.58. The van der Waals surface area contributed by atoms with Crippen LogP contribution in [0.3, 0.4) is 0 Å². The first-order chi connectivity index (χ1) is 14.5. The number of nitrogens with zero attached hydrogens (tertiary/aromatic N) is 1. The van der Waals surface area contributed by atoms with Crippen LogP contribution in [0.5, 0.6) is 5.75 Å². The van der Waals surface area contributed by atoms with Gasteiger partial charge in [0.1, 0.15) is 11.5 Å². The average Bonchev–Trinajstić information content (AvgIpc) is 3.23. The number of carbonyl (C=O) groups is 1. The Morgan fingerprint density at radius 2 is 1.70 bits per heavy atom. The third-order valence-corrected chi connectivity index (χ3v) is 4.76. The fourth-order valence-corrected chi connectivity index (χ4v) is 3.02. The van der Waals surface area contributed by atoms with E-state index >= 15 is 0 Å². The van der Waals surface area contributed by atoms with Crippen LogP contribution in [0.4, 0.5) is 5.69 Å². The van der Waals surface area contributed by atoms with E-state index in [2.05, 4.69) is 34.9 Å². The molecule has 0 unspecified atom stereocenters. The maximum Gasteiger partial charge on any atom is 0.305 e. The van der Waals surface area contributed by atoms with Crippen LogP contribution in [0.2, 0.25) is 0 Å². The standard InChI is InChI=1S/C22H32N4O3S/c1-4-6-14-26(15-7-5-2)16-19-12-13-20(29-19)21(27)24-25-22(30)23-17-8-10-18(28-3)11-9-17/h8-13H,4-7,14-16H2,1-3H3,(H,24,27)(H2,23,25,30). The second-order valence-corrected chi connectivity index (χ2v) is 7.42. The number of furan rings is 1. The molecular formula is C22H32N4O3S. The molecule has 7 nitrogen and oxygen atoms in total. The molecule has 2 rings (SSSR count). The highest BCUT2D eigenvalue weighted by Gasteiger charge is 2.14. The predicted octanol–water partition coefficient (Wildman–Crippen LogP) is 4.32. The van der Waals surface area contributed by atoms with Crippen LogP contribution < -0.4 is 20.9 Å². The molecule has 0 aliphatic carbocycles. The minimum absolute atomic E-state index is 0.246. The van der Waals surface area contributed by atoms with Crippen molar-refractivity contribution in [3.8, 4) is 5.75 Å². The number of hydrogen-bond acceptors (Lipinski definition) is 5. The van der Waals surface area contributed by atoms with Crippen molar-refractivity contribution in [1.29, 1.82) is 0 Å². The number of anilines is 1. The SMILES string of the molecule is CCCCN(CCCC)Cc1ccc(C(=O)NNC(=S)Nc2ccc(OC)cc2)o1. The number of amides is 1. The lowest BCUT2D eigenvalue weighted by Crippen LogP contribution is -2.43. The van der Waals surface area contributed by atoms with Crippen molar-refractivity contribution in [2.75, 3.05) is 25.5 Å². The van der Waals surface area contributed by atoms with Gasteiger partial charge in [-0.1, -0.05) is 26.7 Å². The number of rotatable bonds is 11. The fourth-order valence-electron chi connectivity index (χ4n) is 2.85. The van der Waals surface area contributed by atoms with Gasteiger partial charge in [0.2, 0.25) is 0 Å². The second kappa shape index (κ2) is 12.9. The highest BCUT2D eigenvalue weighted by Crippen LogP contribution is 2.15. The van der Waals surface area contributed by atoms with Crippen LogP contribution in [-0.4, -0.2) is 36.1 Å².